The van der Waals surface area contributed by atoms with Crippen LogP contribution in [0.2, 0.25) is 0 Å². The fourth-order valence-electron chi connectivity index (χ4n) is 1.61. The van der Waals surface area contributed by atoms with Crippen molar-refractivity contribution in [3.63, 3.8) is 0 Å². The van der Waals surface area contributed by atoms with E-state index in [0.29, 0.717) is 11.8 Å². The van der Waals surface area contributed by atoms with Crippen LogP contribution in [0.3, 0.4) is 0 Å². The van der Waals surface area contributed by atoms with Crippen molar-refractivity contribution in [1.82, 2.24) is 4.98 Å². The molecule has 1 aliphatic carbocycles. The van der Waals surface area contributed by atoms with Crippen LogP contribution in [0.15, 0.2) is 21.2 Å². The first kappa shape index (κ1) is 11.4. The first-order chi connectivity index (χ1) is 7.19. The average molecular weight is 336 g/mol. The second kappa shape index (κ2) is 4.80. The molecule has 0 spiro atoms. The molecule has 0 radical (unpaired) electrons. The summed E-state index contributed by atoms with van der Waals surface area (Å²) in [4.78, 5) is 4.20. The molecule has 0 atom stereocenters. The van der Waals surface area contributed by atoms with Crippen molar-refractivity contribution >= 4 is 31.9 Å². The summed E-state index contributed by atoms with van der Waals surface area (Å²) in [5, 5.41) is 0. The largest absolute Gasteiger partial charge is 0.474 e. The zero-order valence-corrected chi connectivity index (χ0v) is 11.3. The lowest BCUT2D eigenvalue weighted by Gasteiger charge is -2.34. The Labute approximate surface area is 106 Å². The van der Waals surface area contributed by atoms with Crippen LogP contribution in [0.1, 0.15) is 12.8 Å². The molecule has 0 aromatic carbocycles. The Bertz CT molecular complexity index is 353. The molecule has 0 saturated heterocycles. The van der Waals surface area contributed by atoms with Gasteiger partial charge in [0.05, 0.1) is 4.47 Å². The Morgan fingerprint density at radius 2 is 2.20 bits per heavy atom. The van der Waals surface area contributed by atoms with Gasteiger partial charge in [-0.2, -0.15) is 0 Å². The highest BCUT2D eigenvalue weighted by Crippen LogP contribution is 2.33. The van der Waals surface area contributed by atoms with E-state index in [0.717, 1.165) is 28.3 Å². The molecule has 0 aliphatic heterocycles. The minimum Gasteiger partial charge on any atom is -0.474 e. The lowest BCUT2D eigenvalue weighted by Crippen LogP contribution is -2.37. The first-order valence-electron chi connectivity index (χ1n) is 4.87. The van der Waals surface area contributed by atoms with Gasteiger partial charge in [-0.3, -0.25) is 0 Å². The standard InChI is InChI=1S/C10H12Br2N2O/c11-7-3-9(12)10(14-5-7)15-8-1-6(2-8)4-13/h3,5-6,8H,1-2,4,13H2. The van der Waals surface area contributed by atoms with Crippen LogP contribution in [0.4, 0.5) is 0 Å². The zero-order chi connectivity index (χ0) is 10.8. The molecule has 1 aromatic rings. The van der Waals surface area contributed by atoms with Gasteiger partial charge in [0, 0.05) is 10.7 Å². The summed E-state index contributed by atoms with van der Waals surface area (Å²) in [5.41, 5.74) is 5.55. The molecule has 0 bridgehead atoms. The molecule has 2 N–H and O–H groups in total. The Morgan fingerprint density at radius 1 is 1.47 bits per heavy atom. The van der Waals surface area contributed by atoms with Crippen LogP contribution in [-0.4, -0.2) is 17.6 Å². The van der Waals surface area contributed by atoms with Crippen molar-refractivity contribution in [1.29, 1.82) is 0 Å². The fourth-order valence-corrected chi connectivity index (χ4v) is 2.69. The van der Waals surface area contributed by atoms with Gasteiger partial charge in [-0.1, -0.05) is 0 Å². The molecule has 15 heavy (non-hydrogen) atoms. The second-order valence-electron chi connectivity index (χ2n) is 3.75. The van der Waals surface area contributed by atoms with Crippen molar-refractivity contribution < 1.29 is 4.74 Å². The number of nitrogens with two attached hydrogens (primary N) is 1. The molecule has 1 aromatic heterocycles. The van der Waals surface area contributed by atoms with E-state index < -0.39 is 0 Å². The lowest BCUT2D eigenvalue weighted by atomic mass is 9.82. The summed E-state index contributed by atoms with van der Waals surface area (Å²) in [5.74, 6) is 1.29. The number of halogens is 2. The number of ether oxygens (including phenoxy) is 1. The molecule has 5 heteroatoms. The minimum atomic E-state index is 0.281. The Morgan fingerprint density at radius 3 is 2.80 bits per heavy atom. The SMILES string of the molecule is NCC1CC(Oc2ncc(Br)cc2Br)C1. The van der Waals surface area contributed by atoms with E-state index in [4.69, 9.17) is 10.5 Å². The van der Waals surface area contributed by atoms with Crippen molar-refractivity contribution in [2.24, 2.45) is 11.7 Å². The molecular weight excluding hydrogens is 324 g/mol. The van der Waals surface area contributed by atoms with E-state index in [-0.39, 0.29) is 6.10 Å². The number of rotatable bonds is 3. The van der Waals surface area contributed by atoms with Gasteiger partial charge in [-0.15, -0.1) is 0 Å². The zero-order valence-electron chi connectivity index (χ0n) is 8.12. The van der Waals surface area contributed by atoms with E-state index in [1.807, 2.05) is 6.07 Å². The van der Waals surface area contributed by atoms with Gasteiger partial charge in [-0.25, -0.2) is 4.98 Å². The molecule has 2 rings (SSSR count). The Balaban J connectivity index is 1.94. The molecule has 0 amide bonds. The summed E-state index contributed by atoms with van der Waals surface area (Å²) in [6.45, 7) is 0.759. The van der Waals surface area contributed by atoms with Crippen LogP contribution in [-0.2, 0) is 0 Å². The van der Waals surface area contributed by atoms with E-state index in [1.54, 1.807) is 6.20 Å². The predicted molar refractivity (Wildman–Crippen MR) is 65.8 cm³/mol. The maximum Gasteiger partial charge on any atom is 0.228 e. The number of pyridine rings is 1. The van der Waals surface area contributed by atoms with Crippen molar-refractivity contribution in [2.45, 2.75) is 18.9 Å². The van der Waals surface area contributed by atoms with E-state index in [9.17, 15) is 0 Å². The number of hydrogen-bond donors (Lipinski definition) is 1. The third-order valence-corrected chi connectivity index (χ3v) is 3.58. The third kappa shape index (κ3) is 2.71. The molecule has 1 heterocycles. The van der Waals surface area contributed by atoms with Crippen LogP contribution in [0.25, 0.3) is 0 Å². The quantitative estimate of drug-likeness (QED) is 0.923. The third-order valence-electron chi connectivity index (χ3n) is 2.58. The number of nitrogens with zero attached hydrogens (tertiary/aromatic N) is 1. The Hall–Kier alpha value is -0.130. The van der Waals surface area contributed by atoms with Gasteiger partial charge in [0.15, 0.2) is 0 Å². The maximum absolute atomic E-state index is 5.73. The topological polar surface area (TPSA) is 48.1 Å². The van der Waals surface area contributed by atoms with E-state index in [2.05, 4.69) is 36.8 Å². The summed E-state index contributed by atoms with van der Waals surface area (Å²) < 4.78 is 7.56. The van der Waals surface area contributed by atoms with Crippen molar-refractivity contribution in [2.75, 3.05) is 6.54 Å². The first-order valence-corrected chi connectivity index (χ1v) is 6.45. The Kier molecular flexibility index (Phi) is 3.64. The highest BCUT2D eigenvalue weighted by molar-refractivity contribution is 9.11. The van der Waals surface area contributed by atoms with Gasteiger partial charge in [0.1, 0.15) is 6.10 Å². The normalized spacial score (nSPS) is 24.7. The fraction of sp³-hybridized carbons (Fsp3) is 0.500. The van der Waals surface area contributed by atoms with Gasteiger partial charge < -0.3 is 10.5 Å². The van der Waals surface area contributed by atoms with Gasteiger partial charge in [-0.05, 0) is 63.2 Å². The highest BCUT2D eigenvalue weighted by Gasteiger charge is 2.30. The van der Waals surface area contributed by atoms with E-state index in [1.165, 1.54) is 0 Å². The molecule has 1 saturated carbocycles. The molecule has 0 unspecified atom stereocenters. The van der Waals surface area contributed by atoms with Crippen molar-refractivity contribution in [3.8, 4) is 5.88 Å². The van der Waals surface area contributed by atoms with E-state index >= 15 is 0 Å². The van der Waals surface area contributed by atoms with Crippen LogP contribution >= 0.6 is 31.9 Å². The maximum atomic E-state index is 5.73. The highest BCUT2D eigenvalue weighted by atomic mass is 79.9. The molecule has 3 nitrogen and oxygen atoms in total. The van der Waals surface area contributed by atoms with Gasteiger partial charge in [0.2, 0.25) is 5.88 Å². The predicted octanol–water partition coefficient (Wildman–Crippen LogP) is 2.72. The monoisotopic (exact) mass is 334 g/mol. The summed E-state index contributed by atoms with van der Waals surface area (Å²) in [7, 11) is 0. The number of aromatic nitrogens is 1. The van der Waals surface area contributed by atoms with Gasteiger partial charge >= 0.3 is 0 Å². The average Bonchev–Trinajstić information content (AvgIpc) is 2.13. The molecule has 1 fully saturated rings. The summed E-state index contributed by atoms with van der Waals surface area (Å²) in [6, 6.07) is 1.93. The minimum absolute atomic E-state index is 0.281. The summed E-state index contributed by atoms with van der Waals surface area (Å²) >= 11 is 6.77. The van der Waals surface area contributed by atoms with Crippen molar-refractivity contribution in [3.05, 3.63) is 21.2 Å². The number of hydrogen-bond acceptors (Lipinski definition) is 3. The lowest BCUT2D eigenvalue weighted by molar-refractivity contribution is 0.0641. The summed E-state index contributed by atoms with van der Waals surface area (Å²) in [6.07, 6.45) is 4.10. The molecule has 1 aliphatic rings. The molecule has 82 valence electrons. The van der Waals surface area contributed by atoms with Crippen LogP contribution in [0, 0.1) is 5.92 Å². The smallest absolute Gasteiger partial charge is 0.228 e. The van der Waals surface area contributed by atoms with Crippen LogP contribution < -0.4 is 10.5 Å². The second-order valence-corrected chi connectivity index (χ2v) is 5.52. The molecular formula is C10H12Br2N2O. The van der Waals surface area contributed by atoms with Crippen LogP contribution in [0.5, 0.6) is 5.88 Å². The van der Waals surface area contributed by atoms with Gasteiger partial charge in [0.25, 0.3) is 0 Å².